The molecule has 1 atom stereocenters. The molecule has 0 amide bonds. The Hall–Kier alpha value is -1.69. The molecule has 0 saturated carbocycles. The highest BCUT2D eigenvalue weighted by atomic mass is 16.5. The van der Waals surface area contributed by atoms with Gasteiger partial charge in [0.1, 0.15) is 0 Å². The average molecular weight is 235 g/mol. The van der Waals surface area contributed by atoms with Crippen LogP contribution in [0, 0.1) is 5.92 Å². The standard InChI is InChI=1S/C11H17N5O/c1-7(2)6-8(12)11-14-9(15-17-11)10-13-4-5-16(10)3/h4-5,7-8H,6,12H2,1-3H3/t8-/m0/s1. The third-order valence-corrected chi connectivity index (χ3v) is 2.51. The van der Waals surface area contributed by atoms with Crippen molar-refractivity contribution in [3.05, 3.63) is 18.3 Å². The highest BCUT2D eigenvalue weighted by Gasteiger charge is 2.18. The number of nitrogens with two attached hydrogens (primary N) is 1. The van der Waals surface area contributed by atoms with Gasteiger partial charge in [-0.2, -0.15) is 4.98 Å². The Morgan fingerprint density at radius 2 is 2.24 bits per heavy atom. The molecule has 0 saturated heterocycles. The molecular formula is C11H17N5O. The third kappa shape index (κ3) is 2.52. The van der Waals surface area contributed by atoms with Gasteiger partial charge in [0.05, 0.1) is 6.04 Å². The van der Waals surface area contributed by atoms with Crippen molar-refractivity contribution in [2.45, 2.75) is 26.3 Å². The summed E-state index contributed by atoms with van der Waals surface area (Å²) in [5, 5.41) is 3.90. The molecule has 6 heteroatoms. The molecule has 0 unspecified atom stereocenters. The number of hydrogen-bond donors (Lipinski definition) is 1. The van der Waals surface area contributed by atoms with Crippen molar-refractivity contribution in [1.82, 2.24) is 19.7 Å². The van der Waals surface area contributed by atoms with Crippen LogP contribution in [0.2, 0.25) is 0 Å². The molecule has 0 aliphatic heterocycles. The van der Waals surface area contributed by atoms with E-state index in [-0.39, 0.29) is 6.04 Å². The maximum absolute atomic E-state index is 5.98. The van der Waals surface area contributed by atoms with E-state index in [0.717, 1.165) is 6.42 Å². The molecular weight excluding hydrogens is 218 g/mol. The molecule has 0 radical (unpaired) electrons. The fourth-order valence-electron chi connectivity index (χ4n) is 1.67. The first kappa shape index (κ1) is 11.8. The second-order valence-corrected chi connectivity index (χ2v) is 4.55. The van der Waals surface area contributed by atoms with Gasteiger partial charge in [-0.15, -0.1) is 0 Å². The molecule has 2 heterocycles. The molecule has 2 rings (SSSR count). The first-order chi connectivity index (χ1) is 8.08. The van der Waals surface area contributed by atoms with Crippen LogP contribution in [-0.4, -0.2) is 19.7 Å². The second kappa shape index (κ2) is 4.67. The van der Waals surface area contributed by atoms with Gasteiger partial charge in [0.25, 0.3) is 0 Å². The summed E-state index contributed by atoms with van der Waals surface area (Å²) in [7, 11) is 1.88. The van der Waals surface area contributed by atoms with Gasteiger partial charge in [-0.05, 0) is 12.3 Å². The van der Waals surface area contributed by atoms with Gasteiger partial charge < -0.3 is 14.8 Å². The van der Waals surface area contributed by atoms with Gasteiger partial charge >= 0.3 is 0 Å². The number of aryl methyl sites for hydroxylation is 1. The van der Waals surface area contributed by atoms with E-state index in [9.17, 15) is 0 Å². The summed E-state index contributed by atoms with van der Waals surface area (Å²) in [6.45, 7) is 4.21. The lowest BCUT2D eigenvalue weighted by atomic mass is 10.0. The number of imidazole rings is 1. The van der Waals surface area contributed by atoms with Gasteiger partial charge in [0, 0.05) is 19.4 Å². The van der Waals surface area contributed by atoms with Crippen LogP contribution < -0.4 is 5.73 Å². The van der Waals surface area contributed by atoms with Crippen LogP contribution in [0.4, 0.5) is 0 Å². The Labute approximate surface area is 99.8 Å². The van der Waals surface area contributed by atoms with E-state index in [2.05, 4.69) is 29.0 Å². The molecule has 0 fully saturated rings. The molecule has 0 aliphatic rings. The van der Waals surface area contributed by atoms with Crippen LogP contribution in [0.3, 0.4) is 0 Å². The van der Waals surface area contributed by atoms with Crippen LogP contribution in [0.25, 0.3) is 11.6 Å². The number of aromatic nitrogens is 4. The SMILES string of the molecule is CC(C)C[C@H](N)c1nc(-c2nccn2C)no1. The van der Waals surface area contributed by atoms with Crippen LogP contribution in [0.15, 0.2) is 16.9 Å². The van der Waals surface area contributed by atoms with Gasteiger partial charge in [0.2, 0.25) is 11.7 Å². The van der Waals surface area contributed by atoms with E-state index in [1.54, 1.807) is 6.20 Å². The summed E-state index contributed by atoms with van der Waals surface area (Å²) < 4.78 is 7.00. The molecule has 17 heavy (non-hydrogen) atoms. The van der Waals surface area contributed by atoms with E-state index in [0.29, 0.717) is 23.5 Å². The lowest BCUT2D eigenvalue weighted by Gasteiger charge is -2.08. The van der Waals surface area contributed by atoms with E-state index in [1.165, 1.54) is 0 Å². The normalized spacial score (nSPS) is 13.2. The highest BCUT2D eigenvalue weighted by Crippen LogP contribution is 2.19. The smallest absolute Gasteiger partial charge is 0.243 e. The van der Waals surface area contributed by atoms with Crippen LogP contribution in [0.5, 0.6) is 0 Å². The fourth-order valence-corrected chi connectivity index (χ4v) is 1.67. The Kier molecular flexibility index (Phi) is 3.23. The zero-order chi connectivity index (χ0) is 12.4. The Morgan fingerprint density at radius 1 is 1.47 bits per heavy atom. The van der Waals surface area contributed by atoms with E-state index in [1.807, 2.05) is 17.8 Å². The predicted molar refractivity (Wildman–Crippen MR) is 62.9 cm³/mol. The average Bonchev–Trinajstić information content (AvgIpc) is 2.84. The van der Waals surface area contributed by atoms with Crippen molar-refractivity contribution in [3.63, 3.8) is 0 Å². The van der Waals surface area contributed by atoms with Crippen LogP contribution in [-0.2, 0) is 7.05 Å². The molecule has 0 bridgehead atoms. The van der Waals surface area contributed by atoms with Crippen LogP contribution >= 0.6 is 0 Å². The molecule has 2 aromatic rings. The van der Waals surface area contributed by atoms with E-state index >= 15 is 0 Å². The molecule has 2 aromatic heterocycles. The van der Waals surface area contributed by atoms with Crippen molar-refractivity contribution >= 4 is 0 Å². The van der Waals surface area contributed by atoms with Gasteiger partial charge in [-0.25, -0.2) is 4.98 Å². The monoisotopic (exact) mass is 235 g/mol. The zero-order valence-corrected chi connectivity index (χ0v) is 10.3. The first-order valence-electron chi connectivity index (χ1n) is 5.64. The van der Waals surface area contributed by atoms with Crippen molar-refractivity contribution in [3.8, 4) is 11.6 Å². The van der Waals surface area contributed by atoms with Crippen molar-refractivity contribution < 1.29 is 4.52 Å². The molecule has 0 spiro atoms. The van der Waals surface area contributed by atoms with Gasteiger partial charge in [0.15, 0.2) is 5.82 Å². The zero-order valence-electron chi connectivity index (χ0n) is 10.3. The third-order valence-electron chi connectivity index (χ3n) is 2.51. The maximum Gasteiger partial charge on any atom is 0.243 e. The topological polar surface area (TPSA) is 82.8 Å². The maximum atomic E-state index is 5.98. The quantitative estimate of drug-likeness (QED) is 0.868. The molecule has 0 aliphatic carbocycles. The lowest BCUT2D eigenvalue weighted by Crippen LogP contribution is -2.13. The molecule has 0 aromatic carbocycles. The van der Waals surface area contributed by atoms with E-state index < -0.39 is 0 Å². The Morgan fingerprint density at radius 3 is 2.82 bits per heavy atom. The lowest BCUT2D eigenvalue weighted by molar-refractivity contribution is 0.335. The summed E-state index contributed by atoms with van der Waals surface area (Å²) in [5.74, 6) is 2.12. The Bertz CT molecular complexity index is 488. The Balaban J connectivity index is 2.19. The molecule has 2 N–H and O–H groups in total. The summed E-state index contributed by atoms with van der Waals surface area (Å²) in [6.07, 6.45) is 4.35. The van der Waals surface area contributed by atoms with Crippen LogP contribution in [0.1, 0.15) is 32.2 Å². The molecule has 6 nitrogen and oxygen atoms in total. The number of nitrogens with zero attached hydrogens (tertiary/aromatic N) is 4. The van der Waals surface area contributed by atoms with Crippen molar-refractivity contribution in [2.24, 2.45) is 18.7 Å². The van der Waals surface area contributed by atoms with E-state index in [4.69, 9.17) is 10.3 Å². The highest BCUT2D eigenvalue weighted by molar-refractivity contribution is 5.42. The summed E-state index contributed by atoms with van der Waals surface area (Å²) in [6, 6.07) is -0.212. The fraction of sp³-hybridized carbons (Fsp3) is 0.545. The number of rotatable bonds is 4. The van der Waals surface area contributed by atoms with Crippen molar-refractivity contribution in [2.75, 3.05) is 0 Å². The largest absolute Gasteiger partial charge is 0.337 e. The second-order valence-electron chi connectivity index (χ2n) is 4.55. The minimum atomic E-state index is -0.212. The summed E-state index contributed by atoms with van der Waals surface area (Å²) in [4.78, 5) is 8.44. The number of hydrogen-bond acceptors (Lipinski definition) is 5. The molecule has 92 valence electrons. The first-order valence-corrected chi connectivity index (χ1v) is 5.64. The van der Waals surface area contributed by atoms with Crippen molar-refractivity contribution in [1.29, 1.82) is 0 Å². The summed E-state index contributed by atoms with van der Waals surface area (Å²) in [5.41, 5.74) is 5.98. The predicted octanol–water partition coefficient (Wildman–Crippen LogP) is 1.52. The minimum absolute atomic E-state index is 0.212. The van der Waals surface area contributed by atoms with Gasteiger partial charge in [-0.1, -0.05) is 19.0 Å². The summed E-state index contributed by atoms with van der Waals surface area (Å²) >= 11 is 0. The minimum Gasteiger partial charge on any atom is -0.337 e. The van der Waals surface area contributed by atoms with Gasteiger partial charge in [-0.3, -0.25) is 0 Å².